The van der Waals surface area contributed by atoms with Crippen LogP contribution in [0.3, 0.4) is 0 Å². The predicted molar refractivity (Wildman–Crippen MR) is 84.4 cm³/mol. The molecule has 0 amide bonds. The van der Waals surface area contributed by atoms with Crippen molar-refractivity contribution in [2.45, 2.75) is 19.5 Å². The first-order valence-corrected chi connectivity index (χ1v) is 7.40. The number of hydrogen-bond acceptors (Lipinski definition) is 5. The molecule has 2 aromatic rings. The number of rotatable bonds is 3. The zero-order chi connectivity index (χ0) is 13.1. The molecule has 1 N–H and O–H groups in total. The Morgan fingerprint density at radius 1 is 1.45 bits per heavy atom. The minimum Gasteiger partial charge on any atom is -0.314 e. The Morgan fingerprint density at radius 2 is 2.35 bits per heavy atom. The van der Waals surface area contributed by atoms with Crippen LogP contribution in [0.2, 0.25) is 0 Å². The van der Waals surface area contributed by atoms with Crippen LogP contribution in [0.25, 0.3) is 0 Å². The molecule has 0 aromatic carbocycles. The average molecular weight is 311 g/mol. The zero-order valence-electron chi connectivity index (χ0n) is 11.5. The number of hydrogen-bond donors (Lipinski definition) is 1. The Morgan fingerprint density at radius 3 is 3.05 bits per heavy atom. The van der Waals surface area contributed by atoms with Gasteiger partial charge in [0.1, 0.15) is 0 Å². The predicted octanol–water partition coefficient (Wildman–Crippen LogP) is 2.41. The Hall–Kier alpha value is -1.01. The molecule has 0 radical (unpaired) electrons. The van der Waals surface area contributed by atoms with Crippen LogP contribution in [-0.4, -0.2) is 34.5 Å². The van der Waals surface area contributed by atoms with Gasteiger partial charge in [-0.05, 0) is 18.6 Å². The molecule has 0 aliphatic carbocycles. The molecule has 1 atom stereocenters. The quantitative estimate of drug-likeness (QED) is 0.945. The lowest BCUT2D eigenvalue weighted by atomic mass is 10.1. The summed E-state index contributed by atoms with van der Waals surface area (Å²) in [4.78, 5) is 12.4. The Balaban J connectivity index is 0.00000147. The molecule has 0 spiro atoms. The SMILES string of the molecule is Cc1ncc(CN2CCNCC2c2cccnc2)s1.Cl. The van der Waals surface area contributed by atoms with E-state index < -0.39 is 0 Å². The van der Waals surface area contributed by atoms with E-state index in [1.807, 2.05) is 24.7 Å². The van der Waals surface area contributed by atoms with Gasteiger partial charge in [0.15, 0.2) is 0 Å². The van der Waals surface area contributed by atoms with Gasteiger partial charge >= 0.3 is 0 Å². The van der Waals surface area contributed by atoms with E-state index in [-0.39, 0.29) is 12.4 Å². The summed E-state index contributed by atoms with van der Waals surface area (Å²) in [5.41, 5.74) is 1.29. The van der Waals surface area contributed by atoms with Gasteiger partial charge in [-0.3, -0.25) is 9.88 Å². The second-order valence-corrected chi connectivity index (χ2v) is 6.14. The molecule has 2 aromatic heterocycles. The molecule has 1 unspecified atom stereocenters. The number of aromatic nitrogens is 2. The van der Waals surface area contributed by atoms with Crippen LogP contribution < -0.4 is 5.32 Å². The highest BCUT2D eigenvalue weighted by Gasteiger charge is 2.24. The lowest BCUT2D eigenvalue weighted by Crippen LogP contribution is -2.45. The molecule has 6 heteroatoms. The molecule has 1 aliphatic rings. The highest BCUT2D eigenvalue weighted by molar-refractivity contribution is 7.11. The number of nitrogens with zero attached hydrogens (tertiary/aromatic N) is 3. The summed E-state index contributed by atoms with van der Waals surface area (Å²) in [6.07, 6.45) is 5.81. The van der Waals surface area contributed by atoms with Crippen molar-refractivity contribution < 1.29 is 0 Å². The summed E-state index contributed by atoms with van der Waals surface area (Å²) >= 11 is 1.79. The maximum absolute atomic E-state index is 4.34. The third kappa shape index (κ3) is 3.55. The van der Waals surface area contributed by atoms with E-state index in [4.69, 9.17) is 0 Å². The Labute approximate surface area is 129 Å². The maximum Gasteiger partial charge on any atom is 0.0897 e. The number of nitrogens with one attached hydrogen (secondary N) is 1. The molecule has 0 saturated carbocycles. The topological polar surface area (TPSA) is 41.1 Å². The summed E-state index contributed by atoms with van der Waals surface area (Å²) in [6.45, 7) is 6.14. The molecular formula is C14H19ClN4S. The van der Waals surface area contributed by atoms with Gasteiger partial charge in [-0.1, -0.05) is 6.07 Å². The van der Waals surface area contributed by atoms with E-state index >= 15 is 0 Å². The van der Waals surface area contributed by atoms with Crippen LogP contribution in [0.4, 0.5) is 0 Å². The summed E-state index contributed by atoms with van der Waals surface area (Å²) in [7, 11) is 0. The third-order valence-corrected chi connectivity index (χ3v) is 4.35. The molecular weight excluding hydrogens is 292 g/mol. The van der Waals surface area contributed by atoms with Crippen molar-refractivity contribution in [3.63, 3.8) is 0 Å². The first kappa shape index (κ1) is 15.4. The molecule has 0 bridgehead atoms. The first-order chi connectivity index (χ1) is 9.33. The van der Waals surface area contributed by atoms with Crippen LogP contribution in [0.1, 0.15) is 21.5 Å². The van der Waals surface area contributed by atoms with Crippen LogP contribution in [0, 0.1) is 6.92 Å². The number of piperazine rings is 1. The number of thiazole rings is 1. The van der Waals surface area contributed by atoms with Crippen LogP contribution in [0.15, 0.2) is 30.7 Å². The largest absolute Gasteiger partial charge is 0.314 e. The molecule has 3 rings (SSSR count). The summed E-state index contributed by atoms with van der Waals surface area (Å²) < 4.78 is 0. The van der Waals surface area contributed by atoms with Crippen LogP contribution in [0.5, 0.6) is 0 Å². The van der Waals surface area contributed by atoms with E-state index in [1.165, 1.54) is 10.4 Å². The number of aryl methyl sites for hydroxylation is 1. The Bertz CT molecular complexity index is 531. The monoisotopic (exact) mass is 310 g/mol. The summed E-state index contributed by atoms with van der Waals surface area (Å²) in [5.74, 6) is 0. The van der Waals surface area contributed by atoms with Crippen molar-refractivity contribution in [2.75, 3.05) is 19.6 Å². The minimum absolute atomic E-state index is 0. The van der Waals surface area contributed by atoms with Gasteiger partial charge in [0.2, 0.25) is 0 Å². The van der Waals surface area contributed by atoms with Crippen molar-refractivity contribution >= 4 is 23.7 Å². The molecule has 20 heavy (non-hydrogen) atoms. The molecule has 3 heterocycles. The smallest absolute Gasteiger partial charge is 0.0897 e. The molecule has 1 fully saturated rings. The average Bonchev–Trinajstić information content (AvgIpc) is 2.86. The van der Waals surface area contributed by atoms with E-state index in [0.717, 1.165) is 31.2 Å². The molecule has 1 aliphatic heterocycles. The van der Waals surface area contributed by atoms with Crippen molar-refractivity contribution in [3.8, 4) is 0 Å². The number of pyridine rings is 1. The van der Waals surface area contributed by atoms with E-state index in [0.29, 0.717) is 6.04 Å². The van der Waals surface area contributed by atoms with Gasteiger partial charge < -0.3 is 5.32 Å². The second kappa shape index (κ2) is 7.13. The summed E-state index contributed by atoms with van der Waals surface area (Å²) in [5, 5.41) is 4.61. The van der Waals surface area contributed by atoms with Crippen molar-refractivity contribution in [1.29, 1.82) is 0 Å². The van der Waals surface area contributed by atoms with Crippen molar-refractivity contribution in [1.82, 2.24) is 20.2 Å². The molecule has 4 nitrogen and oxygen atoms in total. The van der Waals surface area contributed by atoms with Crippen LogP contribution in [-0.2, 0) is 6.54 Å². The van der Waals surface area contributed by atoms with Gasteiger partial charge in [-0.2, -0.15) is 0 Å². The van der Waals surface area contributed by atoms with Crippen molar-refractivity contribution in [3.05, 3.63) is 46.2 Å². The molecule has 108 valence electrons. The second-order valence-electron chi connectivity index (χ2n) is 4.82. The van der Waals surface area contributed by atoms with Gasteiger partial charge in [0.05, 0.1) is 5.01 Å². The highest BCUT2D eigenvalue weighted by Crippen LogP contribution is 2.25. The lowest BCUT2D eigenvalue weighted by Gasteiger charge is -2.35. The fourth-order valence-corrected chi connectivity index (χ4v) is 3.34. The van der Waals surface area contributed by atoms with Gasteiger partial charge in [-0.25, -0.2) is 4.98 Å². The molecule has 1 saturated heterocycles. The van der Waals surface area contributed by atoms with E-state index in [1.54, 1.807) is 11.3 Å². The van der Waals surface area contributed by atoms with Crippen molar-refractivity contribution in [2.24, 2.45) is 0 Å². The fraction of sp³-hybridized carbons (Fsp3) is 0.429. The lowest BCUT2D eigenvalue weighted by molar-refractivity contribution is 0.155. The highest BCUT2D eigenvalue weighted by atomic mass is 35.5. The van der Waals surface area contributed by atoms with Crippen LogP contribution >= 0.6 is 23.7 Å². The number of halogens is 1. The zero-order valence-corrected chi connectivity index (χ0v) is 13.1. The fourth-order valence-electron chi connectivity index (χ4n) is 2.52. The van der Waals surface area contributed by atoms with E-state index in [2.05, 4.69) is 33.2 Å². The third-order valence-electron chi connectivity index (χ3n) is 3.45. The first-order valence-electron chi connectivity index (χ1n) is 6.59. The van der Waals surface area contributed by atoms with Gasteiger partial charge in [0, 0.05) is 55.7 Å². The Kier molecular flexibility index (Phi) is 5.48. The van der Waals surface area contributed by atoms with Gasteiger partial charge in [-0.15, -0.1) is 23.7 Å². The van der Waals surface area contributed by atoms with E-state index in [9.17, 15) is 0 Å². The summed E-state index contributed by atoms with van der Waals surface area (Å²) in [6, 6.07) is 4.58. The minimum atomic E-state index is 0. The standard InChI is InChI=1S/C14H18N4S.ClH/c1-11-17-8-13(19-11)10-18-6-5-16-9-14(18)12-3-2-4-15-7-12;/h2-4,7-8,14,16H,5-6,9-10H2,1H3;1H. The van der Waals surface area contributed by atoms with Gasteiger partial charge in [0.25, 0.3) is 0 Å². The normalized spacial score (nSPS) is 19.6. The maximum atomic E-state index is 4.34.